The molecule has 0 unspecified atom stereocenters. The molecule has 0 radical (unpaired) electrons. The first-order chi connectivity index (χ1) is 8.72. The Morgan fingerprint density at radius 2 is 2.39 bits per heavy atom. The van der Waals surface area contributed by atoms with Crippen molar-refractivity contribution < 1.29 is 4.79 Å². The Hall–Kier alpha value is -2.37. The molecule has 18 heavy (non-hydrogen) atoms. The summed E-state index contributed by atoms with van der Waals surface area (Å²) in [5.41, 5.74) is 7.38. The number of nitrogen functional groups attached to an aromatic ring is 1. The van der Waals surface area contributed by atoms with Crippen LogP contribution in [0.5, 0.6) is 0 Å². The number of nitrogens with two attached hydrogens (primary N) is 1. The highest BCUT2D eigenvalue weighted by Gasteiger charge is 2.11. The number of pyridine rings is 1. The van der Waals surface area contributed by atoms with Gasteiger partial charge in [-0.2, -0.15) is 0 Å². The smallest absolute Gasteiger partial charge is 0.239 e. The predicted molar refractivity (Wildman–Crippen MR) is 68.6 cm³/mol. The van der Waals surface area contributed by atoms with Crippen molar-refractivity contribution in [3.8, 4) is 11.3 Å². The number of amides is 1. The maximum Gasteiger partial charge on any atom is 0.239 e. The molecule has 94 valence electrons. The van der Waals surface area contributed by atoms with Crippen molar-refractivity contribution >= 4 is 11.7 Å². The van der Waals surface area contributed by atoms with Crippen molar-refractivity contribution in [1.82, 2.24) is 19.9 Å². The summed E-state index contributed by atoms with van der Waals surface area (Å²) in [4.78, 5) is 19.7. The second-order valence-corrected chi connectivity index (χ2v) is 3.80. The molecule has 6 nitrogen and oxygen atoms in total. The Balaban J connectivity index is 2.28. The summed E-state index contributed by atoms with van der Waals surface area (Å²) in [5, 5.41) is 2.74. The Labute approximate surface area is 105 Å². The van der Waals surface area contributed by atoms with Crippen molar-refractivity contribution in [2.75, 3.05) is 12.3 Å². The molecular formula is C12H15N5O. The summed E-state index contributed by atoms with van der Waals surface area (Å²) < 4.78 is 1.75. The van der Waals surface area contributed by atoms with E-state index in [0.717, 1.165) is 11.3 Å². The van der Waals surface area contributed by atoms with Crippen LogP contribution in [0.15, 0.2) is 30.9 Å². The number of imidazole rings is 1. The lowest BCUT2D eigenvalue weighted by Gasteiger charge is -2.09. The molecule has 0 bridgehead atoms. The lowest BCUT2D eigenvalue weighted by atomic mass is 10.2. The zero-order valence-corrected chi connectivity index (χ0v) is 10.1. The number of anilines is 1. The number of likely N-dealkylation sites (N-methyl/N-ethyl adjacent to an activating group) is 1. The number of hydrogen-bond acceptors (Lipinski definition) is 4. The van der Waals surface area contributed by atoms with Gasteiger partial charge in [0, 0.05) is 18.3 Å². The summed E-state index contributed by atoms with van der Waals surface area (Å²) in [7, 11) is 0. The summed E-state index contributed by atoms with van der Waals surface area (Å²) in [6.07, 6.45) is 4.91. The molecule has 0 fully saturated rings. The highest BCUT2D eigenvalue weighted by atomic mass is 16.1. The van der Waals surface area contributed by atoms with Crippen molar-refractivity contribution in [2.24, 2.45) is 0 Å². The number of hydrogen-bond donors (Lipinski definition) is 2. The molecule has 0 saturated carbocycles. The number of nitrogens with one attached hydrogen (secondary N) is 1. The van der Waals surface area contributed by atoms with E-state index in [0.29, 0.717) is 12.4 Å². The summed E-state index contributed by atoms with van der Waals surface area (Å²) >= 11 is 0. The lowest BCUT2D eigenvalue weighted by molar-refractivity contribution is -0.121. The fraction of sp³-hybridized carbons (Fsp3) is 0.250. The first kappa shape index (κ1) is 12.1. The minimum absolute atomic E-state index is 0.0563. The van der Waals surface area contributed by atoms with Crippen LogP contribution >= 0.6 is 0 Å². The average molecular weight is 245 g/mol. The SMILES string of the molecule is CCNC(=O)Cn1cncc1-c1cccnc1N. The maximum absolute atomic E-state index is 11.6. The fourth-order valence-corrected chi connectivity index (χ4v) is 1.71. The van der Waals surface area contributed by atoms with Gasteiger partial charge < -0.3 is 15.6 Å². The summed E-state index contributed by atoms with van der Waals surface area (Å²) in [6, 6.07) is 3.66. The van der Waals surface area contributed by atoms with E-state index in [1.807, 2.05) is 13.0 Å². The second-order valence-electron chi connectivity index (χ2n) is 3.80. The highest BCUT2D eigenvalue weighted by molar-refractivity contribution is 5.77. The molecule has 2 rings (SSSR count). The first-order valence-electron chi connectivity index (χ1n) is 5.70. The van der Waals surface area contributed by atoms with Gasteiger partial charge in [-0.3, -0.25) is 4.79 Å². The monoisotopic (exact) mass is 245 g/mol. The van der Waals surface area contributed by atoms with Crippen LogP contribution in [0.1, 0.15) is 6.92 Å². The standard InChI is InChI=1S/C12H15N5O/c1-2-15-11(18)7-17-8-14-6-10(17)9-4-3-5-16-12(9)13/h3-6,8H,2,7H2,1H3,(H2,13,16)(H,15,18). The van der Waals surface area contributed by atoms with E-state index < -0.39 is 0 Å². The fourth-order valence-electron chi connectivity index (χ4n) is 1.71. The number of rotatable bonds is 4. The van der Waals surface area contributed by atoms with Crippen molar-refractivity contribution in [1.29, 1.82) is 0 Å². The molecule has 0 aliphatic carbocycles. The van der Waals surface area contributed by atoms with Crippen LogP contribution in [0.2, 0.25) is 0 Å². The van der Waals surface area contributed by atoms with E-state index in [2.05, 4.69) is 15.3 Å². The van der Waals surface area contributed by atoms with Gasteiger partial charge in [-0.1, -0.05) is 0 Å². The van der Waals surface area contributed by atoms with Gasteiger partial charge in [0.1, 0.15) is 12.4 Å². The number of nitrogens with zero attached hydrogens (tertiary/aromatic N) is 3. The summed E-state index contributed by atoms with van der Waals surface area (Å²) in [6.45, 7) is 2.71. The van der Waals surface area contributed by atoms with Gasteiger partial charge in [0.05, 0.1) is 18.2 Å². The van der Waals surface area contributed by atoms with Gasteiger partial charge in [-0.25, -0.2) is 9.97 Å². The highest BCUT2D eigenvalue weighted by Crippen LogP contribution is 2.23. The topological polar surface area (TPSA) is 85.8 Å². The van der Waals surface area contributed by atoms with E-state index in [-0.39, 0.29) is 12.5 Å². The molecule has 6 heteroatoms. The van der Waals surface area contributed by atoms with E-state index >= 15 is 0 Å². The van der Waals surface area contributed by atoms with Crippen molar-refractivity contribution in [2.45, 2.75) is 13.5 Å². The number of carbonyl (C=O) groups is 1. The first-order valence-corrected chi connectivity index (χ1v) is 5.70. The van der Waals surface area contributed by atoms with Crippen LogP contribution in [0.4, 0.5) is 5.82 Å². The third-order valence-corrected chi connectivity index (χ3v) is 2.51. The van der Waals surface area contributed by atoms with Crippen LogP contribution < -0.4 is 11.1 Å². The Morgan fingerprint density at radius 3 is 3.11 bits per heavy atom. The zero-order chi connectivity index (χ0) is 13.0. The van der Waals surface area contributed by atoms with Gasteiger partial charge in [0.25, 0.3) is 0 Å². The van der Waals surface area contributed by atoms with E-state index in [9.17, 15) is 4.79 Å². The van der Waals surface area contributed by atoms with Gasteiger partial charge >= 0.3 is 0 Å². The molecule has 0 saturated heterocycles. The van der Waals surface area contributed by atoms with Crippen LogP contribution in [0.25, 0.3) is 11.3 Å². The molecule has 2 aromatic heterocycles. The number of aromatic nitrogens is 3. The van der Waals surface area contributed by atoms with Gasteiger partial charge in [0.2, 0.25) is 5.91 Å². The van der Waals surface area contributed by atoms with Crippen LogP contribution in [0.3, 0.4) is 0 Å². The molecule has 0 aromatic carbocycles. The Bertz CT molecular complexity index is 549. The molecule has 0 aliphatic heterocycles. The molecule has 0 atom stereocenters. The normalized spacial score (nSPS) is 10.3. The molecule has 3 N–H and O–H groups in total. The third kappa shape index (κ3) is 2.48. The molecule has 2 heterocycles. The molecule has 0 spiro atoms. The number of carbonyl (C=O) groups excluding carboxylic acids is 1. The molecule has 2 aromatic rings. The lowest BCUT2D eigenvalue weighted by Crippen LogP contribution is -2.27. The third-order valence-electron chi connectivity index (χ3n) is 2.51. The van der Waals surface area contributed by atoms with E-state index in [1.165, 1.54) is 0 Å². The van der Waals surface area contributed by atoms with Crippen molar-refractivity contribution in [3.05, 3.63) is 30.9 Å². The van der Waals surface area contributed by atoms with Crippen LogP contribution in [-0.4, -0.2) is 27.0 Å². The maximum atomic E-state index is 11.6. The van der Waals surface area contributed by atoms with Gasteiger partial charge in [-0.15, -0.1) is 0 Å². The quantitative estimate of drug-likeness (QED) is 0.828. The van der Waals surface area contributed by atoms with Crippen LogP contribution in [0, 0.1) is 0 Å². The minimum Gasteiger partial charge on any atom is -0.383 e. The van der Waals surface area contributed by atoms with E-state index in [4.69, 9.17) is 5.73 Å². The average Bonchev–Trinajstić information content (AvgIpc) is 2.78. The van der Waals surface area contributed by atoms with Crippen LogP contribution in [-0.2, 0) is 11.3 Å². The second kappa shape index (κ2) is 5.31. The van der Waals surface area contributed by atoms with Gasteiger partial charge in [-0.05, 0) is 19.1 Å². The Morgan fingerprint density at radius 1 is 1.56 bits per heavy atom. The zero-order valence-electron chi connectivity index (χ0n) is 10.1. The van der Waals surface area contributed by atoms with E-state index in [1.54, 1.807) is 29.4 Å². The molecular weight excluding hydrogens is 230 g/mol. The Kier molecular flexibility index (Phi) is 3.57. The minimum atomic E-state index is -0.0563. The summed E-state index contributed by atoms with van der Waals surface area (Å²) in [5.74, 6) is 0.370. The van der Waals surface area contributed by atoms with Crippen molar-refractivity contribution in [3.63, 3.8) is 0 Å². The van der Waals surface area contributed by atoms with Gasteiger partial charge in [0.15, 0.2) is 0 Å². The largest absolute Gasteiger partial charge is 0.383 e. The molecule has 0 aliphatic rings. The predicted octanol–water partition coefficient (Wildman–Crippen LogP) is 0.663. The molecule has 1 amide bonds.